The van der Waals surface area contributed by atoms with E-state index in [0.717, 1.165) is 38.5 Å². The van der Waals surface area contributed by atoms with E-state index in [1.807, 2.05) is 0 Å². The maximum absolute atomic E-state index is 14.0. The van der Waals surface area contributed by atoms with Crippen molar-refractivity contribution in [3.05, 3.63) is 58.9 Å². The minimum Gasteiger partial charge on any atom is -0.418 e. The van der Waals surface area contributed by atoms with E-state index in [4.69, 9.17) is 5.73 Å². The number of para-hydroxylation sites is 1. The second-order valence-corrected chi connectivity index (χ2v) is 8.53. The number of ether oxygens (including phenoxy) is 1. The van der Waals surface area contributed by atoms with Gasteiger partial charge in [-0.05, 0) is 18.6 Å². The lowest BCUT2D eigenvalue weighted by Crippen LogP contribution is -2.44. The van der Waals surface area contributed by atoms with E-state index in [0.29, 0.717) is 6.42 Å². The lowest BCUT2D eigenvalue weighted by Gasteiger charge is -2.18. The highest BCUT2D eigenvalue weighted by atomic mass is 19.2. The molecule has 0 bridgehead atoms. The van der Waals surface area contributed by atoms with Crippen LogP contribution in [0.1, 0.15) is 75.1 Å². The number of carbonyl (C=O) groups is 3. The van der Waals surface area contributed by atoms with Crippen LogP contribution >= 0.6 is 0 Å². The van der Waals surface area contributed by atoms with Gasteiger partial charge in [0.25, 0.3) is 0 Å². The smallest absolute Gasteiger partial charge is 0.334 e. The van der Waals surface area contributed by atoms with Gasteiger partial charge in [-0.2, -0.15) is 8.78 Å². The van der Waals surface area contributed by atoms with Crippen LogP contribution in [-0.2, 0) is 9.59 Å². The normalized spacial score (nSPS) is 11.7. The number of esters is 1. The predicted octanol–water partition coefficient (Wildman–Crippen LogP) is 5.77. The summed E-state index contributed by atoms with van der Waals surface area (Å²) in [4.78, 5) is 37.9. The highest BCUT2D eigenvalue weighted by molar-refractivity contribution is 6.03. The number of hydrogen-bond donors (Lipinski definition) is 2. The minimum absolute atomic E-state index is 0.0119. The van der Waals surface area contributed by atoms with Crippen molar-refractivity contribution in [2.75, 3.05) is 5.73 Å². The molecular weight excluding hydrogens is 499 g/mol. The van der Waals surface area contributed by atoms with Crippen LogP contribution in [0.15, 0.2) is 24.3 Å². The van der Waals surface area contributed by atoms with Gasteiger partial charge in [-0.1, -0.05) is 57.6 Å². The Labute approximate surface area is 211 Å². The molecule has 0 radical (unpaired) electrons. The molecule has 11 heteroatoms. The Bertz CT molecular complexity index is 1100. The summed E-state index contributed by atoms with van der Waals surface area (Å²) in [5.74, 6) is -16.6. The molecule has 6 nitrogen and oxygen atoms in total. The monoisotopic (exact) mass is 528 g/mol. The molecule has 2 rings (SSSR count). The van der Waals surface area contributed by atoms with Crippen molar-refractivity contribution in [3.8, 4) is 5.75 Å². The fraction of sp³-hybridized carbons (Fsp3) is 0.423. The molecule has 202 valence electrons. The van der Waals surface area contributed by atoms with E-state index >= 15 is 0 Å². The maximum Gasteiger partial charge on any atom is 0.334 e. The number of ketones is 1. The number of anilines is 1. The van der Waals surface area contributed by atoms with Gasteiger partial charge < -0.3 is 15.8 Å². The van der Waals surface area contributed by atoms with E-state index < -0.39 is 65.0 Å². The van der Waals surface area contributed by atoms with Gasteiger partial charge in [-0.15, -0.1) is 0 Å². The molecule has 3 N–H and O–H groups in total. The van der Waals surface area contributed by atoms with Gasteiger partial charge in [0, 0.05) is 24.1 Å². The van der Waals surface area contributed by atoms with Crippen molar-refractivity contribution in [2.24, 2.45) is 0 Å². The number of Topliss-reactive ketones (excluding diaryl/α,β-unsaturated/α-hetero) is 1. The minimum atomic E-state index is -2.43. The first-order valence-electron chi connectivity index (χ1n) is 12.0. The number of benzene rings is 2. The van der Waals surface area contributed by atoms with Gasteiger partial charge in [0.15, 0.2) is 5.78 Å². The van der Waals surface area contributed by atoms with E-state index in [2.05, 4.69) is 17.0 Å². The largest absolute Gasteiger partial charge is 0.418 e. The van der Waals surface area contributed by atoms with Crippen molar-refractivity contribution in [1.82, 2.24) is 5.32 Å². The number of amides is 1. The highest BCUT2D eigenvalue weighted by Gasteiger charge is 2.32. The van der Waals surface area contributed by atoms with Crippen molar-refractivity contribution in [2.45, 2.75) is 70.8 Å². The second kappa shape index (κ2) is 14.3. The molecule has 1 amide bonds. The van der Waals surface area contributed by atoms with E-state index in [-0.39, 0.29) is 17.7 Å². The van der Waals surface area contributed by atoms with Crippen LogP contribution in [0.4, 0.5) is 27.6 Å². The fourth-order valence-corrected chi connectivity index (χ4v) is 3.59. The van der Waals surface area contributed by atoms with E-state index in [1.165, 1.54) is 18.2 Å². The molecule has 1 atom stereocenters. The van der Waals surface area contributed by atoms with Crippen LogP contribution in [0, 0.1) is 29.1 Å². The zero-order valence-corrected chi connectivity index (χ0v) is 20.4. The molecule has 37 heavy (non-hydrogen) atoms. The molecule has 2 aromatic rings. The molecule has 0 heterocycles. The summed E-state index contributed by atoms with van der Waals surface area (Å²) < 4.78 is 72.9. The third-order valence-electron chi connectivity index (χ3n) is 5.65. The number of rotatable bonds is 14. The fourth-order valence-electron chi connectivity index (χ4n) is 3.59. The Morgan fingerprint density at radius 1 is 0.838 bits per heavy atom. The summed E-state index contributed by atoms with van der Waals surface area (Å²) in [6, 6.07) is 4.08. The average molecular weight is 529 g/mol. The molecule has 0 aliphatic heterocycles. The quantitative estimate of drug-likeness (QED) is 0.0474. The Morgan fingerprint density at radius 2 is 1.38 bits per heavy atom. The number of carbonyl (C=O) groups excluding carboxylic acids is 3. The number of unbranched alkanes of at least 4 members (excludes halogenated alkanes) is 6. The molecule has 0 spiro atoms. The lowest BCUT2D eigenvalue weighted by atomic mass is 10.0. The molecular formula is C26H29F5N2O4. The zero-order valence-electron chi connectivity index (χ0n) is 20.4. The van der Waals surface area contributed by atoms with Gasteiger partial charge in [0.05, 0.1) is 0 Å². The van der Waals surface area contributed by atoms with Gasteiger partial charge in [0.1, 0.15) is 6.04 Å². The topological polar surface area (TPSA) is 98.5 Å². The van der Waals surface area contributed by atoms with Crippen molar-refractivity contribution >= 4 is 23.3 Å². The summed E-state index contributed by atoms with van der Waals surface area (Å²) in [5.41, 5.74) is 5.86. The third kappa shape index (κ3) is 8.26. The Balaban J connectivity index is 2.16. The number of nitrogens with one attached hydrogen (secondary N) is 1. The Hall–Kier alpha value is -3.50. The zero-order chi connectivity index (χ0) is 27.5. The summed E-state index contributed by atoms with van der Waals surface area (Å²) in [7, 11) is 0. The van der Waals surface area contributed by atoms with Gasteiger partial charge in [-0.25, -0.2) is 18.0 Å². The van der Waals surface area contributed by atoms with Crippen molar-refractivity contribution < 1.29 is 41.1 Å². The Kier molecular flexibility index (Phi) is 11.5. The maximum atomic E-state index is 14.0. The van der Waals surface area contributed by atoms with Crippen molar-refractivity contribution in [3.63, 3.8) is 0 Å². The van der Waals surface area contributed by atoms with E-state index in [9.17, 15) is 36.3 Å². The summed E-state index contributed by atoms with van der Waals surface area (Å²) in [6.07, 6.45) is 5.70. The average Bonchev–Trinajstić information content (AvgIpc) is 2.88. The van der Waals surface area contributed by atoms with Gasteiger partial charge >= 0.3 is 5.97 Å². The van der Waals surface area contributed by atoms with E-state index in [1.54, 1.807) is 6.07 Å². The molecule has 0 aromatic heterocycles. The standard InChI is InChI=1S/C26H29F5N2O4/c1-2-3-4-5-6-7-8-13-19(35)33-17(14-18(34)15-11-9-10-12-16(15)32)26(36)37-25-23(30)21(28)20(27)22(29)24(25)31/h9-12,17H,2-8,13-14,32H2,1H3,(H,33,35). The molecule has 0 saturated carbocycles. The molecule has 0 aliphatic rings. The number of nitrogens with two attached hydrogens (primary N) is 1. The van der Waals surface area contributed by atoms with Crippen LogP contribution < -0.4 is 15.8 Å². The molecule has 1 unspecified atom stereocenters. The molecule has 0 saturated heterocycles. The summed E-state index contributed by atoms with van der Waals surface area (Å²) >= 11 is 0. The predicted molar refractivity (Wildman–Crippen MR) is 126 cm³/mol. The SMILES string of the molecule is CCCCCCCCCC(=O)NC(CC(=O)c1ccccc1N)C(=O)Oc1c(F)c(F)c(F)c(F)c1F. The first-order valence-corrected chi connectivity index (χ1v) is 12.0. The molecule has 2 aromatic carbocycles. The molecule has 0 aliphatic carbocycles. The van der Waals surface area contributed by atoms with Gasteiger partial charge in [-0.3, -0.25) is 9.59 Å². The number of hydrogen-bond acceptors (Lipinski definition) is 5. The van der Waals surface area contributed by atoms with Crippen LogP contribution in [-0.4, -0.2) is 23.7 Å². The number of nitrogen functional groups attached to an aromatic ring is 1. The van der Waals surface area contributed by atoms with Crippen LogP contribution in [0.2, 0.25) is 0 Å². The highest BCUT2D eigenvalue weighted by Crippen LogP contribution is 2.29. The summed E-state index contributed by atoms with van der Waals surface area (Å²) in [6.45, 7) is 2.09. The van der Waals surface area contributed by atoms with Crippen molar-refractivity contribution in [1.29, 1.82) is 0 Å². The Morgan fingerprint density at radius 3 is 1.97 bits per heavy atom. The summed E-state index contributed by atoms with van der Waals surface area (Å²) in [5, 5.41) is 2.27. The number of halogens is 5. The van der Waals surface area contributed by atoms with Crippen LogP contribution in [0.25, 0.3) is 0 Å². The first kappa shape index (κ1) is 29.7. The second-order valence-electron chi connectivity index (χ2n) is 8.53. The van der Waals surface area contributed by atoms with Crippen LogP contribution in [0.3, 0.4) is 0 Å². The van der Waals surface area contributed by atoms with Gasteiger partial charge in [0.2, 0.25) is 40.7 Å². The molecule has 0 fully saturated rings. The van der Waals surface area contributed by atoms with Crippen LogP contribution in [0.5, 0.6) is 5.75 Å². The first-order chi connectivity index (χ1) is 17.6. The lowest BCUT2D eigenvalue weighted by molar-refractivity contribution is -0.139. The third-order valence-corrected chi connectivity index (χ3v) is 5.65.